The fourth-order valence-electron chi connectivity index (χ4n) is 3.77. The van der Waals surface area contributed by atoms with Crippen molar-refractivity contribution in [2.24, 2.45) is 17.1 Å². The fraction of sp³-hybridized carbons (Fsp3) is 1.00. The Morgan fingerprint density at radius 3 is 1.94 bits per heavy atom. The summed E-state index contributed by atoms with van der Waals surface area (Å²) >= 11 is 0. The minimum absolute atomic E-state index is 0.295. The van der Waals surface area contributed by atoms with Gasteiger partial charge in [0.1, 0.15) is 0 Å². The van der Waals surface area contributed by atoms with Crippen LogP contribution in [0, 0.1) is 11.3 Å². The summed E-state index contributed by atoms with van der Waals surface area (Å²) in [5.41, 5.74) is 6.94. The Bertz CT molecular complexity index is 235. The summed E-state index contributed by atoms with van der Waals surface area (Å²) in [6.45, 7) is 14.8. The van der Waals surface area contributed by atoms with Crippen LogP contribution in [0.2, 0.25) is 0 Å². The van der Waals surface area contributed by atoms with E-state index in [9.17, 15) is 0 Å². The highest BCUT2D eigenvalue weighted by atomic mass is 15.2. The normalized spacial score (nSPS) is 29.8. The molecule has 0 aliphatic heterocycles. The van der Waals surface area contributed by atoms with Crippen LogP contribution < -0.4 is 5.73 Å². The second-order valence-electron chi connectivity index (χ2n) is 6.72. The molecular weight excluding hydrogens is 220 g/mol. The SMILES string of the molecule is CCN(CC)C1(CN)CCC(C(C)(C)CC)CC1. The lowest BCUT2D eigenvalue weighted by Crippen LogP contribution is -2.56. The van der Waals surface area contributed by atoms with E-state index in [0.717, 1.165) is 25.6 Å². The van der Waals surface area contributed by atoms with E-state index in [1.165, 1.54) is 32.1 Å². The zero-order chi connectivity index (χ0) is 13.8. The van der Waals surface area contributed by atoms with Crippen LogP contribution in [0.25, 0.3) is 0 Å². The molecule has 0 amide bonds. The zero-order valence-electron chi connectivity index (χ0n) is 13.3. The average molecular weight is 254 g/mol. The molecule has 2 nitrogen and oxygen atoms in total. The van der Waals surface area contributed by atoms with Gasteiger partial charge >= 0.3 is 0 Å². The van der Waals surface area contributed by atoms with Crippen molar-refractivity contribution in [2.45, 2.75) is 72.3 Å². The molecule has 0 radical (unpaired) electrons. The Labute approximate surface area is 114 Å². The Kier molecular flexibility index (Phi) is 5.67. The lowest BCUT2D eigenvalue weighted by Gasteiger charge is -2.49. The zero-order valence-corrected chi connectivity index (χ0v) is 13.3. The number of likely N-dealkylation sites (N-methyl/N-ethyl adjacent to an activating group) is 1. The summed E-state index contributed by atoms with van der Waals surface area (Å²) in [7, 11) is 0. The van der Waals surface area contributed by atoms with E-state index >= 15 is 0 Å². The third-order valence-corrected chi connectivity index (χ3v) is 5.75. The van der Waals surface area contributed by atoms with Crippen molar-refractivity contribution in [3.8, 4) is 0 Å². The molecule has 108 valence electrons. The summed E-state index contributed by atoms with van der Waals surface area (Å²) in [6.07, 6.45) is 6.58. The minimum Gasteiger partial charge on any atom is -0.329 e. The molecule has 1 aliphatic carbocycles. The van der Waals surface area contributed by atoms with E-state index in [0.29, 0.717) is 11.0 Å². The lowest BCUT2D eigenvalue weighted by molar-refractivity contribution is 0.0226. The molecule has 0 aromatic carbocycles. The summed E-state index contributed by atoms with van der Waals surface area (Å²) in [5, 5.41) is 0. The van der Waals surface area contributed by atoms with Crippen LogP contribution in [0.15, 0.2) is 0 Å². The van der Waals surface area contributed by atoms with Crippen molar-refractivity contribution in [2.75, 3.05) is 19.6 Å². The lowest BCUT2D eigenvalue weighted by atomic mass is 9.65. The third kappa shape index (κ3) is 3.08. The molecule has 0 atom stereocenters. The Balaban J connectivity index is 2.70. The van der Waals surface area contributed by atoms with Crippen LogP contribution in [0.5, 0.6) is 0 Å². The van der Waals surface area contributed by atoms with Crippen molar-refractivity contribution < 1.29 is 0 Å². The fourth-order valence-corrected chi connectivity index (χ4v) is 3.77. The van der Waals surface area contributed by atoms with Gasteiger partial charge in [-0.2, -0.15) is 0 Å². The quantitative estimate of drug-likeness (QED) is 0.784. The molecule has 1 saturated carbocycles. The Morgan fingerprint density at radius 2 is 1.61 bits per heavy atom. The van der Waals surface area contributed by atoms with Crippen molar-refractivity contribution in [3.05, 3.63) is 0 Å². The Hall–Kier alpha value is -0.0800. The first kappa shape index (κ1) is 16.0. The van der Waals surface area contributed by atoms with Gasteiger partial charge in [0.05, 0.1) is 0 Å². The number of nitrogens with two attached hydrogens (primary N) is 1. The molecule has 1 fully saturated rings. The highest BCUT2D eigenvalue weighted by Crippen LogP contribution is 2.44. The van der Waals surface area contributed by atoms with Crippen molar-refractivity contribution >= 4 is 0 Å². The van der Waals surface area contributed by atoms with Gasteiger partial charge in [-0.25, -0.2) is 0 Å². The van der Waals surface area contributed by atoms with Gasteiger partial charge in [0.25, 0.3) is 0 Å². The first-order valence-corrected chi connectivity index (χ1v) is 7.91. The second-order valence-corrected chi connectivity index (χ2v) is 6.72. The molecular formula is C16H34N2. The van der Waals surface area contributed by atoms with Gasteiger partial charge in [0.15, 0.2) is 0 Å². The summed E-state index contributed by atoms with van der Waals surface area (Å²) in [6, 6.07) is 0. The largest absolute Gasteiger partial charge is 0.329 e. The first-order valence-electron chi connectivity index (χ1n) is 7.91. The third-order valence-electron chi connectivity index (χ3n) is 5.75. The maximum Gasteiger partial charge on any atom is 0.0331 e. The van der Waals surface area contributed by atoms with E-state index in [2.05, 4.69) is 39.5 Å². The van der Waals surface area contributed by atoms with E-state index in [4.69, 9.17) is 5.73 Å². The molecule has 1 rings (SSSR count). The van der Waals surface area contributed by atoms with E-state index in [1.54, 1.807) is 0 Å². The van der Waals surface area contributed by atoms with Crippen LogP contribution in [0.1, 0.15) is 66.7 Å². The molecule has 0 heterocycles. The monoisotopic (exact) mass is 254 g/mol. The van der Waals surface area contributed by atoms with Crippen molar-refractivity contribution in [1.82, 2.24) is 4.90 Å². The number of nitrogens with zero attached hydrogens (tertiary/aromatic N) is 1. The van der Waals surface area contributed by atoms with E-state index in [-0.39, 0.29) is 0 Å². The van der Waals surface area contributed by atoms with E-state index < -0.39 is 0 Å². The molecule has 2 heteroatoms. The smallest absolute Gasteiger partial charge is 0.0331 e. The molecule has 1 aliphatic rings. The summed E-state index contributed by atoms with van der Waals surface area (Å²) < 4.78 is 0. The predicted octanol–water partition coefficient (Wildman–Crippen LogP) is 3.65. The average Bonchev–Trinajstić information content (AvgIpc) is 2.40. The highest BCUT2D eigenvalue weighted by Gasteiger charge is 2.41. The molecule has 0 aromatic heterocycles. The number of hydrogen-bond acceptors (Lipinski definition) is 2. The topological polar surface area (TPSA) is 29.3 Å². The van der Waals surface area contributed by atoms with Gasteiger partial charge < -0.3 is 5.73 Å². The molecule has 2 N–H and O–H groups in total. The molecule has 18 heavy (non-hydrogen) atoms. The van der Waals surface area contributed by atoms with Crippen LogP contribution in [-0.2, 0) is 0 Å². The van der Waals surface area contributed by atoms with Gasteiger partial charge in [-0.1, -0.05) is 41.0 Å². The van der Waals surface area contributed by atoms with Gasteiger partial charge in [0.2, 0.25) is 0 Å². The maximum atomic E-state index is 6.14. The van der Waals surface area contributed by atoms with Gasteiger partial charge in [-0.3, -0.25) is 4.90 Å². The van der Waals surface area contributed by atoms with Crippen molar-refractivity contribution in [1.29, 1.82) is 0 Å². The molecule has 0 aromatic rings. The highest BCUT2D eigenvalue weighted by molar-refractivity contribution is 4.97. The van der Waals surface area contributed by atoms with Crippen LogP contribution >= 0.6 is 0 Å². The van der Waals surface area contributed by atoms with Gasteiger partial charge in [-0.15, -0.1) is 0 Å². The maximum absolute atomic E-state index is 6.14. The second kappa shape index (κ2) is 6.38. The van der Waals surface area contributed by atoms with Crippen LogP contribution in [0.3, 0.4) is 0 Å². The summed E-state index contributed by atoms with van der Waals surface area (Å²) in [4.78, 5) is 2.60. The summed E-state index contributed by atoms with van der Waals surface area (Å²) in [5.74, 6) is 0.887. The molecule has 0 spiro atoms. The molecule has 0 unspecified atom stereocenters. The van der Waals surface area contributed by atoms with Gasteiger partial charge in [0, 0.05) is 12.1 Å². The molecule has 0 saturated heterocycles. The van der Waals surface area contributed by atoms with Crippen molar-refractivity contribution in [3.63, 3.8) is 0 Å². The Morgan fingerprint density at radius 1 is 1.11 bits per heavy atom. The first-order chi connectivity index (χ1) is 8.45. The minimum atomic E-state index is 0.295. The van der Waals surface area contributed by atoms with Crippen LogP contribution in [0.4, 0.5) is 0 Å². The number of hydrogen-bond donors (Lipinski definition) is 1. The van der Waals surface area contributed by atoms with E-state index in [1.807, 2.05) is 0 Å². The predicted molar refractivity (Wildman–Crippen MR) is 80.7 cm³/mol. The number of rotatable bonds is 6. The van der Waals surface area contributed by atoms with Crippen LogP contribution in [-0.4, -0.2) is 30.1 Å². The molecule has 0 bridgehead atoms. The standard InChI is InChI=1S/C16H34N2/c1-6-15(4,5)14-9-11-16(13-17,12-10-14)18(7-2)8-3/h14H,6-13,17H2,1-5H3. The van der Waals surface area contributed by atoms with Gasteiger partial charge in [-0.05, 0) is 50.1 Å².